The molecule has 1 atom stereocenters. The van der Waals surface area contributed by atoms with Crippen molar-refractivity contribution < 1.29 is 0 Å². The van der Waals surface area contributed by atoms with Crippen LogP contribution in [0.2, 0.25) is 0 Å². The summed E-state index contributed by atoms with van der Waals surface area (Å²) in [5.74, 6) is 0.674. The van der Waals surface area contributed by atoms with Crippen LogP contribution in [0.1, 0.15) is 33.4 Å². The van der Waals surface area contributed by atoms with Gasteiger partial charge in [0.15, 0.2) is 0 Å². The molecule has 0 amide bonds. The molecule has 1 aromatic rings. The predicted molar refractivity (Wildman–Crippen MR) is 59.0 cm³/mol. The van der Waals surface area contributed by atoms with E-state index in [1.165, 1.54) is 5.69 Å². The molecule has 0 fully saturated rings. The number of hydrogen-bond acceptors (Lipinski definition) is 2. The van der Waals surface area contributed by atoms with Gasteiger partial charge in [0.05, 0.1) is 5.69 Å². The minimum absolute atomic E-state index is 0.551. The average molecular weight is 195 g/mol. The molecular weight excluding hydrogens is 174 g/mol. The van der Waals surface area contributed by atoms with Crippen LogP contribution < -0.4 is 5.32 Å². The topological polar surface area (TPSA) is 29.9 Å². The van der Waals surface area contributed by atoms with Gasteiger partial charge in [-0.15, -0.1) is 0 Å². The Morgan fingerprint density at radius 1 is 1.43 bits per heavy atom. The third-order valence-electron chi connectivity index (χ3n) is 2.71. The number of nitrogens with one attached hydrogen (secondary N) is 1. The summed E-state index contributed by atoms with van der Waals surface area (Å²) in [4.78, 5) is 0. The maximum Gasteiger partial charge on any atom is 0.0522 e. The predicted octanol–water partition coefficient (Wildman–Crippen LogP) is 2.04. The van der Waals surface area contributed by atoms with Gasteiger partial charge < -0.3 is 5.32 Å². The molecule has 0 spiro atoms. The SMILES string of the molecule is CCn1nccc1CNC(C)C(C)C. The van der Waals surface area contributed by atoms with Crippen molar-refractivity contribution >= 4 is 0 Å². The zero-order valence-electron chi connectivity index (χ0n) is 9.62. The summed E-state index contributed by atoms with van der Waals surface area (Å²) in [7, 11) is 0. The number of aromatic nitrogens is 2. The van der Waals surface area contributed by atoms with Crippen LogP contribution in [0.25, 0.3) is 0 Å². The summed E-state index contributed by atoms with van der Waals surface area (Å²) in [6, 6.07) is 2.62. The lowest BCUT2D eigenvalue weighted by molar-refractivity contribution is 0.417. The second-order valence-corrected chi connectivity index (χ2v) is 4.05. The van der Waals surface area contributed by atoms with Crippen molar-refractivity contribution in [2.75, 3.05) is 0 Å². The van der Waals surface area contributed by atoms with E-state index < -0.39 is 0 Å². The molecule has 1 rings (SSSR count). The van der Waals surface area contributed by atoms with E-state index in [0.717, 1.165) is 13.1 Å². The van der Waals surface area contributed by atoms with Gasteiger partial charge in [0, 0.05) is 25.3 Å². The molecule has 0 aromatic carbocycles. The number of nitrogens with zero attached hydrogens (tertiary/aromatic N) is 2. The summed E-state index contributed by atoms with van der Waals surface area (Å²) in [6.07, 6.45) is 1.86. The average Bonchev–Trinajstić information content (AvgIpc) is 2.60. The molecule has 0 aliphatic carbocycles. The largest absolute Gasteiger partial charge is 0.308 e. The van der Waals surface area contributed by atoms with Crippen LogP contribution >= 0.6 is 0 Å². The van der Waals surface area contributed by atoms with Crippen LogP contribution in [0, 0.1) is 5.92 Å². The molecule has 0 radical (unpaired) electrons. The minimum Gasteiger partial charge on any atom is -0.308 e. The van der Waals surface area contributed by atoms with Crippen molar-refractivity contribution in [1.82, 2.24) is 15.1 Å². The van der Waals surface area contributed by atoms with Crippen LogP contribution in [-0.4, -0.2) is 15.8 Å². The van der Waals surface area contributed by atoms with Crippen molar-refractivity contribution in [3.05, 3.63) is 18.0 Å². The summed E-state index contributed by atoms with van der Waals surface area (Å²) in [6.45, 7) is 10.6. The summed E-state index contributed by atoms with van der Waals surface area (Å²) < 4.78 is 2.03. The number of aryl methyl sites for hydroxylation is 1. The van der Waals surface area contributed by atoms with Crippen LogP contribution in [0.5, 0.6) is 0 Å². The van der Waals surface area contributed by atoms with E-state index in [1.54, 1.807) is 0 Å². The maximum absolute atomic E-state index is 4.23. The first-order chi connectivity index (χ1) is 6.65. The van der Waals surface area contributed by atoms with Gasteiger partial charge in [-0.1, -0.05) is 13.8 Å². The zero-order valence-corrected chi connectivity index (χ0v) is 9.62. The lowest BCUT2D eigenvalue weighted by Crippen LogP contribution is -2.31. The summed E-state index contributed by atoms with van der Waals surface area (Å²) in [5.41, 5.74) is 1.26. The second kappa shape index (κ2) is 5.15. The van der Waals surface area contributed by atoms with Crippen molar-refractivity contribution in [1.29, 1.82) is 0 Å². The van der Waals surface area contributed by atoms with E-state index in [4.69, 9.17) is 0 Å². The molecule has 0 aliphatic heterocycles. The molecule has 3 nitrogen and oxygen atoms in total. The van der Waals surface area contributed by atoms with Gasteiger partial charge in [0.25, 0.3) is 0 Å². The highest BCUT2D eigenvalue weighted by Gasteiger charge is 2.07. The fourth-order valence-electron chi connectivity index (χ4n) is 1.30. The van der Waals surface area contributed by atoms with Gasteiger partial charge in [-0.25, -0.2) is 0 Å². The summed E-state index contributed by atoms with van der Waals surface area (Å²) >= 11 is 0. The van der Waals surface area contributed by atoms with E-state index in [0.29, 0.717) is 12.0 Å². The van der Waals surface area contributed by atoms with Gasteiger partial charge in [0.2, 0.25) is 0 Å². The molecule has 3 heteroatoms. The fourth-order valence-corrected chi connectivity index (χ4v) is 1.30. The van der Waals surface area contributed by atoms with Crippen LogP contribution in [0.3, 0.4) is 0 Å². The molecule has 0 saturated heterocycles. The molecule has 14 heavy (non-hydrogen) atoms. The Hall–Kier alpha value is -0.830. The van der Waals surface area contributed by atoms with Gasteiger partial charge in [-0.2, -0.15) is 5.10 Å². The Morgan fingerprint density at radius 3 is 2.71 bits per heavy atom. The lowest BCUT2D eigenvalue weighted by Gasteiger charge is -2.17. The van der Waals surface area contributed by atoms with Gasteiger partial charge >= 0.3 is 0 Å². The molecule has 1 N–H and O–H groups in total. The van der Waals surface area contributed by atoms with Crippen LogP contribution in [0.15, 0.2) is 12.3 Å². The Morgan fingerprint density at radius 2 is 2.14 bits per heavy atom. The Labute approximate surface area is 86.5 Å². The van der Waals surface area contributed by atoms with Crippen molar-refractivity contribution in [3.8, 4) is 0 Å². The molecule has 0 saturated carbocycles. The van der Waals surface area contributed by atoms with Gasteiger partial charge in [-0.3, -0.25) is 4.68 Å². The quantitative estimate of drug-likeness (QED) is 0.779. The highest BCUT2D eigenvalue weighted by molar-refractivity contribution is 5.00. The molecule has 0 aliphatic rings. The molecule has 1 aromatic heterocycles. The minimum atomic E-state index is 0.551. The van der Waals surface area contributed by atoms with Crippen LogP contribution in [0.4, 0.5) is 0 Å². The van der Waals surface area contributed by atoms with Crippen molar-refractivity contribution in [2.24, 2.45) is 5.92 Å². The van der Waals surface area contributed by atoms with E-state index in [9.17, 15) is 0 Å². The third-order valence-corrected chi connectivity index (χ3v) is 2.71. The Kier molecular flexibility index (Phi) is 4.14. The van der Waals surface area contributed by atoms with Crippen molar-refractivity contribution in [3.63, 3.8) is 0 Å². The lowest BCUT2D eigenvalue weighted by atomic mass is 10.1. The molecule has 0 bridgehead atoms. The van der Waals surface area contributed by atoms with Gasteiger partial charge in [-0.05, 0) is 25.8 Å². The standard InChI is InChI=1S/C11H21N3/c1-5-14-11(6-7-13-14)8-12-10(4)9(2)3/h6-7,9-10,12H,5,8H2,1-4H3. The smallest absolute Gasteiger partial charge is 0.0522 e. The number of hydrogen-bond donors (Lipinski definition) is 1. The van der Waals surface area contributed by atoms with E-state index in [2.05, 4.69) is 44.2 Å². The second-order valence-electron chi connectivity index (χ2n) is 4.05. The Balaban J connectivity index is 2.45. The first-order valence-corrected chi connectivity index (χ1v) is 5.39. The monoisotopic (exact) mass is 195 g/mol. The highest BCUT2D eigenvalue weighted by atomic mass is 15.3. The van der Waals surface area contributed by atoms with Crippen molar-refractivity contribution in [2.45, 2.75) is 46.8 Å². The highest BCUT2D eigenvalue weighted by Crippen LogP contribution is 2.03. The molecule has 1 unspecified atom stereocenters. The third kappa shape index (κ3) is 2.84. The van der Waals surface area contributed by atoms with Crippen LogP contribution in [-0.2, 0) is 13.1 Å². The normalized spacial score (nSPS) is 13.5. The van der Waals surface area contributed by atoms with Gasteiger partial charge in [0.1, 0.15) is 0 Å². The fraction of sp³-hybridized carbons (Fsp3) is 0.727. The molecule has 80 valence electrons. The van der Waals surface area contributed by atoms with E-state index in [1.807, 2.05) is 10.9 Å². The first-order valence-electron chi connectivity index (χ1n) is 5.39. The zero-order chi connectivity index (χ0) is 10.6. The Bertz CT molecular complexity index is 265. The van der Waals surface area contributed by atoms with E-state index in [-0.39, 0.29) is 0 Å². The maximum atomic E-state index is 4.23. The van der Waals surface area contributed by atoms with E-state index >= 15 is 0 Å². The number of rotatable bonds is 5. The molecular formula is C11H21N3. The first kappa shape index (κ1) is 11.2. The molecule has 1 heterocycles. The summed E-state index contributed by atoms with van der Waals surface area (Å²) in [5, 5.41) is 7.73.